The number of hydrogen-bond acceptors (Lipinski definition) is 29. The average Bonchev–Trinajstić information content (AvgIpc) is 1.71. The Hall–Kier alpha value is -8.77. The molecule has 534 valence electrons. The molecule has 9 heterocycles. The van der Waals surface area contributed by atoms with E-state index in [9.17, 15) is 63.9 Å². The van der Waals surface area contributed by atoms with Crippen molar-refractivity contribution in [1.29, 1.82) is 0 Å². The summed E-state index contributed by atoms with van der Waals surface area (Å²) in [4.78, 5) is 155. The third-order valence-corrected chi connectivity index (χ3v) is 22.4. The minimum absolute atomic E-state index is 0.000240. The van der Waals surface area contributed by atoms with Crippen LogP contribution in [0.4, 0.5) is 0 Å². The van der Waals surface area contributed by atoms with E-state index in [-0.39, 0.29) is 94.6 Å². The van der Waals surface area contributed by atoms with Crippen molar-refractivity contribution in [3.63, 3.8) is 0 Å². The lowest BCUT2D eigenvalue weighted by Gasteiger charge is -2.45. The van der Waals surface area contributed by atoms with Gasteiger partial charge in [0, 0.05) is 32.8 Å². The summed E-state index contributed by atoms with van der Waals surface area (Å²) in [6, 6.07) is -8.58. The first-order chi connectivity index (χ1) is 47.7. The molecule has 1 saturated heterocycles. The van der Waals surface area contributed by atoms with Crippen molar-refractivity contribution in [3.05, 3.63) is 148 Å². The Bertz CT molecular complexity index is 4350. The quantitative estimate of drug-likeness (QED) is 0.0643. The number of thiocarbonyl (C=S) groups is 1. The van der Waals surface area contributed by atoms with Crippen LogP contribution in [0.1, 0.15) is 177 Å². The maximum Gasteiger partial charge on any atom is 0.357 e. The molecule has 5 aliphatic rings. The number of carbonyl (C=O) groups excluding carboxylic acids is 9. The average molecular weight is 1500 g/mol. The Kier molecular flexibility index (Phi) is 22.6. The van der Waals surface area contributed by atoms with Crippen molar-refractivity contribution >= 4 is 139 Å². The van der Waals surface area contributed by atoms with Crippen LogP contribution < -0.4 is 58.9 Å². The molecule has 5 aromatic rings. The number of amides is 8. The zero-order chi connectivity index (χ0) is 73.4. The number of thioether (sulfide) groups is 1. The van der Waals surface area contributed by atoms with E-state index in [0.717, 1.165) is 57.1 Å². The molecule has 0 aromatic carbocycles. The normalized spacial score (nSPS) is 28.0. The number of cyclic esters (lactones) is 1. The van der Waals surface area contributed by atoms with E-state index < -0.39 is 160 Å². The number of carbonyl (C=O) groups is 9. The lowest BCUT2D eigenvalue weighted by molar-refractivity contribution is -0.128. The van der Waals surface area contributed by atoms with Gasteiger partial charge in [-0.3, -0.25) is 54.0 Å². The van der Waals surface area contributed by atoms with Crippen LogP contribution in [0, 0.1) is 0 Å². The van der Waals surface area contributed by atoms with Crippen LogP contribution in [-0.4, -0.2) is 168 Å². The summed E-state index contributed by atoms with van der Waals surface area (Å²) >= 11 is 11.1. The van der Waals surface area contributed by atoms with Gasteiger partial charge in [0.05, 0.1) is 76.7 Å². The standard InChI is InChI=1S/C63H71N17O15S6/c1-11-32-56-74-38(19-98-56)53(91)79-46(62(10,94)29(9)83)59-75-40(21-100-59)55(96)78-42-28(8)95-60(93)35-16-31(26(6)81)30-12-13-33(44(84)43(30)69-35)65-22(2)48(86)66-23(3)49(87)67-24(4)50(88)68-25(5)51(89)80-63(61-76-39(20-101-61)52(90)77-41(27(7)82)54(92)71-32)15-14-34(57-73-37(18-97-57)47(64)85)70-45(63)36-17-99-58(42)72-36/h11-13,16-18,20-22,26-29,33-34,38,41-42,44-46,65,70,81-84,94H,3-5,14-15,19H2,1-2,6-10H3,(H2,64,85)(H,66,86)(H,67,87)(H,68,88)(H,71,92)(H,77,90)(H,78,96)(H,79,91)(H,80,89)/b32-11-/t22-,26-,27+,28+,29-,33+,34+,38+,41-,42-,44-,45+,46+,62-,63+/m0/s1. The fourth-order valence-corrected chi connectivity index (χ4v) is 16.5. The molecule has 32 nitrogen and oxygen atoms in total. The number of allylic oxidation sites excluding steroid dienone is 1. The Morgan fingerprint density at radius 1 is 0.782 bits per heavy atom. The second-order valence-corrected chi connectivity index (χ2v) is 29.4. The number of esters is 1. The summed E-state index contributed by atoms with van der Waals surface area (Å²) in [5.41, 5.74) is -0.321. The Morgan fingerprint density at radius 3 is 2.12 bits per heavy atom. The fraction of sp³-hybridized carbons (Fsp3) is 0.397. The van der Waals surface area contributed by atoms with Gasteiger partial charge in [-0.05, 0) is 72.9 Å². The van der Waals surface area contributed by atoms with Gasteiger partial charge in [-0.15, -0.1) is 57.1 Å². The monoisotopic (exact) mass is 1500 g/mol. The first kappa shape index (κ1) is 74.9. The molecule has 0 spiro atoms. The zero-order valence-electron chi connectivity index (χ0n) is 54.9. The number of piperidine rings is 1. The molecule has 0 unspecified atom stereocenters. The number of pyridine rings is 1. The van der Waals surface area contributed by atoms with E-state index in [1.807, 2.05) is 0 Å². The van der Waals surface area contributed by atoms with E-state index in [1.54, 1.807) is 12.3 Å². The summed E-state index contributed by atoms with van der Waals surface area (Å²) in [5.74, 6) is -8.63. The maximum absolute atomic E-state index is 15.1. The van der Waals surface area contributed by atoms with Crippen molar-refractivity contribution in [3.8, 4) is 0 Å². The number of thiazole rings is 4. The molecule has 8 amide bonds. The number of nitrogens with zero attached hydrogens (tertiary/aromatic N) is 6. The van der Waals surface area contributed by atoms with Gasteiger partial charge in [0.1, 0.15) is 100 Å². The van der Waals surface area contributed by atoms with Crippen molar-refractivity contribution in [2.75, 3.05) is 5.75 Å². The van der Waals surface area contributed by atoms with Gasteiger partial charge in [-0.1, -0.05) is 50.2 Å². The molecular weight excluding hydrogens is 1430 g/mol. The third-order valence-electron chi connectivity index (χ3n) is 17.2. The number of primary amides is 1. The van der Waals surface area contributed by atoms with Crippen LogP contribution in [0.15, 0.2) is 87.3 Å². The van der Waals surface area contributed by atoms with E-state index in [0.29, 0.717) is 5.01 Å². The van der Waals surface area contributed by atoms with E-state index in [1.165, 1.54) is 82.0 Å². The van der Waals surface area contributed by atoms with Gasteiger partial charge in [0.15, 0.2) is 0 Å². The number of aromatic nitrogens is 5. The molecule has 10 rings (SSSR count). The highest BCUT2D eigenvalue weighted by Crippen LogP contribution is 2.48. The minimum Gasteiger partial charge on any atom is -0.455 e. The number of hydrogen-bond donors (Lipinski definition) is 16. The van der Waals surface area contributed by atoms with E-state index in [4.69, 9.17) is 37.6 Å². The number of nitrogens with one attached hydrogen (secondary N) is 10. The topological polar surface area (TPSA) is 487 Å². The van der Waals surface area contributed by atoms with E-state index in [2.05, 4.69) is 87.9 Å². The third kappa shape index (κ3) is 15.8. The van der Waals surface area contributed by atoms with Gasteiger partial charge in [0.25, 0.3) is 29.5 Å². The molecule has 4 aliphatic heterocycles. The predicted molar refractivity (Wildman–Crippen MR) is 376 cm³/mol. The Labute approximate surface area is 601 Å². The van der Waals surface area contributed by atoms with Gasteiger partial charge >= 0.3 is 5.97 Å². The Morgan fingerprint density at radius 2 is 1.46 bits per heavy atom. The van der Waals surface area contributed by atoms with Crippen LogP contribution in [0.25, 0.3) is 6.08 Å². The van der Waals surface area contributed by atoms with Gasteiger partial charge in [-0.2, -0.15) is 0 Å². The van der Waals surface area contributed by atoms with Gasteiger partial charge < -0.3 is 78.5 Å². The van der Waals surface area contributed by atoms with Crippen LogP contribution in [0.3, 0.4) is 0 Å². The minimum atomic E-state index is -2.11. The summed E-state index contributed by atoms with van der Waals surface area (Å²) in [5, 5.41) is 91.7. The highest BCUT2D eigenvalue weighted by Gasteiger charge is 2.52. The van der Waals surface area contributed by atoms with Crippen LogP contribution in [0.2, 0.25) is 0 Å². The second kappa shape index (κ2) is 30.4. The molecule has 17 N–H and O–H groups in total. The highest BCUT2D eigenvalue weighted by molar-refractivity contribution is 8.14. The lowest BCUT2D eigenvalue weighted by Crippen LogP contribution is -2.58. The van der Waals surface area contributed by atoms with Crippen molar-refractivity contribution in [1.82, 2.24) is 78.1 Å². The van der Waals surface area contributed by atoms with Crippen molar-refractivity contribution < 1.29 is 73.4 Å². The summed E-state index contributed by atoms with van der Waals surface area (Å²) in [6.07, 6.45) is -2.76. The molecule has 13 bridgehead atoms. The summed E-state index contributed by atoms with van der Waals surface area (Å²) < 4.78 is 6.29. The number of aliphatic hydroxyl groups excluding tert-OH is 4. The molecule has 1 fully saturated rings. The molecule has 15 atom stereocenters. The first-order valence-electron chi connectivity index (χ1n) is 31.2. The van der Waals surface area contributed by atoms with Crippen LogP contribution in [0.5, 0.6) is 0 Å². The summed E-state index contributed by atoms with van der Waals surface area (Å²) in [6.45, 7) is 20.9. The number of ether oxygens (including phenoxy) is 1. The fourth-order valence-electron chi connectivity index (χ4n) is 11.3. The summed E-state index contributed by atoms with van der Waals surface area (Å²) in [7, 11) is 0. The largest absolute Gasteiger partial charge is 0.455 e. The number of fused-ring (bicyclic) bond motifs is 7. The SMILES string of the molecule is C=C1NC(=O)C(=C)NC(=O)[C@H](C)N[C@@H]2C=Cc3c([C@H](C)O)cc(nc3[C@H]2O)C(=O)O[C@H](C)[C@@H]2NC(=S)c3csc(n3)[C@H]([C@@](C)(O)[C@H](C)O)NC(=O)[C@H]3CSC(=N3)/C(=C/C)NC(=O)[C@H]([C@@H](C)O)NC(=O)c3csc(n3)[C@]3(CC[C@H](c4nc(C(N)=O)cs4)N[C@@H]3c3csc2n3)NC(=O)C(=C)NC1=O. The van der Waals surface area contributed by atoms with Crippen molar-refractivity contribution in [2.24, 2.45) is 10.7 Å². The number of nitrogens with two attached hydrogens (primary N) is 1. The van der Waals surface area contributed by atoms with Crippen LogP contribution >= 0.6 is 69.3 Å². The molecular formula is C63H71N17O15S6. The molecule has 5 aromatic heterocycles. The number of aliphatic hydroxyl groups is 5. The van der Waals surface area contributed by atoms with Crippen molar-refractivity contribution in [2.45, 2.75) is 151 Å². The number of rotatable bonds is 6. The van der Waals surface area contributed by atoms with Crippen LogP contribution in [-0.2, 0) is 39.0 Å². The highest BCUT2D eigenvalue weighted by atomic mass is 32.2. The molecule has 0 saturated carbocycles. The lowest BCUT2D eigenvalue weighted by atomic mass is 9.78. The van der Waals surface area contributed by atoms with E-state index >= 15 is 4.79 Å². The second-order valence-electron chi connectivity index (χ2n) is 24.4. The molecule has 0 radical (unpaired) electrons. The first-order valence-corrected chi connectivity index (χ1v) is 36.1. The van der Waals surface area contributed by atoms with Gasteiger partial charge in [0.2, 0.25) is 17.7 Å². The predicted octanol–water partition coefficient (Wildman–Crippen LogP) is 1.12. The van der Waals surface area contributed by atoms with Gasteiger partial charge in [-0.25, -0.2) is 29.7 Å². The zero-order valence-corrected chi connectivity index (χ0v) is 59.8. The number of aliphatic imine (C=N–C) groups is 1. The Balaban J connectivity index is 1.16. The maximum atomic E-state index is 15.1. The smallest absolute Gasteiger partial charge is 0.357 e. The molecule has 101 heavy (non-hydrogen) atoms. The molecule has 1 aliphatic carbocycles. The molecule has 38 heteroatoms.